The highest BCUT2D eigenvalue weighted by atomic mass is 35.5. The highest BCUT2D eigenvalue weighted by Crippen LogP contribution is 2.36. The number of carbonyl (C=O) groups is 2. The van der Waals surface area contributed by atoms with Gasteiger partial charge in [0.05, 0.1) is 5.69 Å². The first-order valence-electron chi connectivity index (χ1n) is 8.43. The number of benzene rings is 2. The molecule has 0 aliphatic carbocycles. The highest BCUT2D eigenvalue weighted by molar-refractivity contribution is 6.30. The summed E-state index contributed by atoms with van der Waals surface area (Å²) in [5, 5.41) is 6.01. The van der Waals surface area contributed by atoms with Crippen LogP contribution in [0.1, 0.15) is 20.3 Å². The van der Waals surface area contributed by atoms with E-state index in [1.165, 1.54) is 0 Å². The molecule has 1 aliphatic rings. The SMILES string of the molecule is CCCN1C(=O)C(C)Oc2cc(NC(=O)Nc3cccc(Cl)c3)ccc21. The van der Waals surface area contributed by atoms with Crippen molar-refractivity contribution < 1.29 is 14.3 Å². The van der Waals surface area contributed by atoms with E-state index in [9.17, 15) is 9.59 Å². The Balaban J connectivity index is 1.75. The smallest absolute Gasteiger partial charge is 0.323 e. The van der Waals surface area contributed by atoms with E-state index in [2.05, 4.69) is 10.6 Å². The molecule has 1 unspecified atom stereocenters. The number of urea groups is 1. The first-order valence-corrected chi connectivity index (χ1v) is 8.81. The molecular formula is C19H20ClN3O3. The first kappa shape index (κ1) is 18.1. The molecule has 1 aliphatic heterocycles. The lowest BCUT2D eigenvalue weighted by molar-refractivity contribution is -0.125. The highest BCUT2D eigenvalue weighted by Gasteiger charge is 2.31. The second-order valence-corrected chi connectivity index (χ2v) is 6.46. The van der Waals surface area contributed by atoms with Gasteiger partial charge >= 0.3 is 6.03 Å². The second-order valence-electron chi connectivity index (χ2n) is 6.02. The lowest BCUT2D eigenvalue weighted by Gasteiger charge is -2.33. The molecule has 0 fully saturated rings. The summed E-state index contributed by atoms with van der Waals surface area (Å²) in [6.45, 7) is 4.37. The Kier molecular flexibility index (Phi) is 5.32. The van der Waals surface area contributed by atoms with Crippen molar-refractivity contribution in [2.75, 3.05) is 22.1 Å². The quantitative estimate of drug-likeness (QED) is 0.828. The van der Waals surface area contributed by atoms with E-state index in [0.717, 1.165) is 12.1 Å². The molecular weight excluding hydrogens is 354 g/mol. The molecule has 1 heterocycles. The molecule has 0 saturated heterocycles. The summed E-state index contributed by atoms with van der Waals surface area (Å²) in [4.78, 5) is 26.2. The van der Waals surface area contributed by atoms with Crippen LogP contribution < -0.4 is 20.3 Å². The molecule has 26 heavy (non-hydrogen) atoms. The Morgan fingerprint density at radius 3 is 2.62 bits per heavy atom. The summed E-state index contributed by atoms with van der Waals surface area (Å²) in [5.74, 6) is 0.518. The number of halogens is 1. The van der Waals surface area contributed by atoms with Crippen LogP contribution in [-0.4, -0.2) is 24.6 Å². The van der Waals surface area contributed by atoms with Crippen molar-refractivity contribution in [2.45, 2.75) is 26.4 Å². The minimum atomic E-state index is -0.551. The second kappa shape index (κ2) is 7.66. The first-order chi connectivity index (χ1) is 12.5. The van der Waals surface area contributed by atoms with Crippen molar-refractivity contribution in [3.8, 4) is 5.75 Å². The molecule has 0 saturated carbocycles. The van der Waals surface area contributed by atoms with Gasteiger partial charge in [0.25, 0.3) is 5.91 Å². The zero-order valence-corrected chi connectivity index (χ0v) is 15.3. The molecule has 2 aromatic carbocycles. The topological polar surface area (TPSA) is 70.7 Å². The van der Waals surface area contributed by atoms with Gasteiger partial charge in [0.15, 0.2) is 6.10 Å². The fourth-order valence-corrected chi connectivity index (χ4v) is 2.99. The van der Waals surface area contributed by atoms with Crippen LogP contribution in [-0.2, 0) is 4.79 Å². The zero-order chi connectivity index (χ0) is 18.7. The third-order valence-corrected chi connectivity index (χ3v) is 4.19. The lowest BCUT2D eigenvalue weighted by Crippen LogP contribution is -2.44. The Morgan fingerprint density at radius 2 is 1.92 bits per heavy atom. The largest absolute Gasteiger partial charge is 0.479 e. The van der Waals surface area contributed by atoms with E-state index in [1.807, 2.05) is 6.92 Å². The third kappa shape index (κ3) is 3.91. The van der Waals surface area contributed by atoms with E-state index >= 15 is 0 Å². The van der Waals surface area contributed by atoms with Gasteiger partial charge in [0.1, 0.15) is 5.75 Å². The van der Waals surface area contributed by atoms with Gasteiger partial charge in [-0.1, -0.05) is 24.6 Å². The predicted octanol–water partition coefficient (Wildman–Crippen LogP) is 4.51. The number of hydrogen-bond donors (Lipinski definition) is 2. The molecule has 0 aromatic heterocycles. The van der Waals surface area contributed by atoms with Crippen LogP contribution in [0.25, 0.3) is 0 Å². The maximum absolute atomic E-state index is 12.3. The summed E-state index contributed by atoms with van der Waals surface area (Å²) < 4.78 is 5.70. The maximum atomic E-state index is 12.3. The number of anilines is 3. The number of nitrogens with zero attached hydrogens (tertiary/aromatic N) is 1. The van der Waals surface area contributed by atoms with Gasteiger partial charge in [0.2, 0.25) is 0 Å². The zero-order valence-electron chi connectivity index (χ0n) is 14.6. The van der Waals surface area contributed by atoms with E-state index < -0.39 is 12.1 Å². The normalized spacial score (nSPS) is 15.9. The summed E-state index contributed by atoms with van der Waals surface area (Å²) in [7, 11) is 0. The van der Waals surface area contributed by atoms with Gasteiger partial charge in [-0.2, -0.15) is 0 Å². The maximum Gasteiger partial charge on any atom is 0.323 e. The summed E-state index contributed by atoms with van der Waals surface area (Å²) in [5.41, 5.74) is 1.88. The Morgan fingerprint density at radius 1 is 1.19 bits per heavy atom. The molecule has 7 heteroatoms. The van der Waals surface area contributed by atoms with Crippen molar-refractivity contribution in [3.05, 3.63) is 47.5 Å². The molecule has 136 valence electrons. The number of fused-ring (bicyclic) bond motifs is 1. The van der Waals surface area contributed by atoms with Crippen molar-refractivity contribution >= 4 is 40.6 Å². The standard InChI is InChI=1S/C19H20ClN3O3/c1-3-9-23-16-8-7-15(11-17(16)26-12(2)18(23)24)22-19(25)21-14-6-4-5-13(20)10-14/h4-8,10-12H,3,9H2,1-2H3,(H2,21,22,25). The molecule has 2 N–H and O–H groups in total. The van der Waals surface area contributed by atoms with Crippen LogP contribution >= 0.6 is 11.6 Å². The average Bonchev–Trinajstić information content (AvgIpc) is 2.59. The van der Waals surface area contributed by atoms with Crippen LogP contribution in [0.15, 0.2) is 42.5 Å². The van der Waals surface area contributed by atoms with Crippen LogP contribution in [0, 0.1) is 0 Å². The van der Waals surface area contributed by atoms with Gasteiger partial charge in [-0.25, -0.2) is 4.79 Å². The Hall–Kier alpha value is -2.73. The number of nitrogens with one attached hydrogen (secondary N) is 2. The molecule has 2 aromatic rings. The molecule has 3 rings (SSSR count). The van der Waals surface area contributed by atoms with Crippen LogP contribution in [0.2, 0.25) is 5.02 Å². The van der Waals surface area contributed by atoms with E-state index in [4.69, 9.17) is 16.3 Å². The average molecular weight is 374 g/mol. The van der Waals surface area contributed by atoms with E-state index in [0.29, 0.717) is 28.7 Å². The number of carbonyl (C=O) groups excluding carboxylic acids is 2. The van der Waals surface area contributed by atoms with Gasteiger partial charge in [-0.15, -0.1) is 0 Å². The van der Waals surface area contributed by atoms with E-state index in [1.54, 1.807) is 54.3 Å². The lowest BCUT2D eigenvalue weighted by atomic mass is 10.1. The summed E-state index contributed by atoms with van der Waals surface area (Å²) in [6.07, 6.45) is 0.296. The molecule has 3 amide bonds. The Bertz CT molecular complexity index is 841. The van der Waals surface area contributed by atoms with Crippen molar-refractivity contribution in [1.29, 1.82) is 0 Å². The molecule has 6 nitrogen and oxygen atoms in total. The van der Waals surface area contributed by atoms with Gasteiger partial charge in [-0.05, 0) is 43.7 Å². The van der Waals surface area contributed by atoms with Crippen LogP contribution in [0.5, 0.6) is 5.75 Å². The van der Waals surface area contributed by atoms with Crippen LogP contribution in [0.4, 0.5) is 21.9 Å². The monoisotopic (exact) mass is 373 g/mol. The minimum Gasteiger partial charge on any atom is -0.479 e. The number of ether oxygens (including phenoxy) is 1. The third-order valence-electron chi connectivity index (χ3n) is 3.96. The number of amides is 3. The van der Waals surface area contributed by atoms with Crippen molar-refractivity contribution in [2.24, 2.45) is 0 Å². The molecule has 0 bridgehead atoms. The van der Waals surface area contributed by atoms with Crippen LogP contribution in [0.3, 0.4) is 0 Å². The predicted molar refractivity (Wildman–Crippen MR) is 103 cm³/mol. The molecule has 1 atom stereocenters. The fourth-order valence-electron chi connectivity index (χ4n) is 2.80. The molecule has 0 radical (unpaired) electrons. The number of hydrogen-bond acceptors (Lipinski definition) is 3. The summed E-state index contributed by atoms with van der Waals surface area (Å²) >= 11 is 5.91. The van der Waals surface area contributed by atoms with Crippen molar-refractivity contribution in [1.82, 2.24) is 0 Å². The minimum absolute atomic E-state index is 0.0567. The summed E-state index contributed by atoms with van der Waals surface area (Å²) in [6, 6.07) is 11.7. The van der Waals surface area contributed by atoms with Gasteiger partial charge in [-0.3, -0.25) is 4.79 Å². The number of rotatable bonds is 4. The fraction of sp³-hybridized carbons (Fsp3) is 0.263. The van der Waals surface area contributed by atoms with Gasteiger partial charge in [0, 0.05) is 29.0 Å². The van der Waals surface area contributed by atoms with Crippen molar-refractivity contribution in [3.63, 3.8) is 0 Å². The van der Waals surface area contributed by atoms with E-state index in [-0.39, 0.29) is 5.91 Å². The molecule has 0 spiro atoms. The Labute approximate surface area is 157 Å². The van der Waals surface area contributed by atoms with Gasteiger partial charge < -0.3 is 20.3 Å².